The Kier molecular flexibility index (Phi) is 4.57. The van der Waals surface area contributed by atoms with E-state index in [1.807, 2.05) is 0 Å². The van der Waals surface area contributed by atoms with Crippen molar-refractivity contribution in [2.75, 3.05) is 18.6 Å². The lowest BCUT2D eigenvalue weighted by Gasteiger charge is -2.19. The number of amidine groups is 1. The minimum absolute atomic E-state index is 0.0217. The lowest BCUT2D eigenvalue weighted by Crippen LogP contribution is -2.29. The predicted molar refractivity (Wildman–Crippen MR) is 76.0 cm³/mol. The summed E-state index contributed by atoms with van der Waals surface area (Å²) in [6, 6.07) is 6.95. The fraction of sp³-hybridized carbons (Fsp3) is 0.429. The van der Waals surface area contributed by atoms with Gasteiger partial charge in [-0.3, -0.25) is 4.79 Å². The second-order valence-corrected chi connectivity index (χ2v) is 4.82. The number of oxime groups is 1. The van der Waals surface area contributed by atoms with Crippen LogP contribution < -0.4 is 10.6 Å². The van der Waals surface area contributed by atoms with Crippen LogP contribution in [-0.2, 0) is 9.53 Å². The SMILES string of the molecule is CN(C(=O)CC1CCCO1)c1ccc(C(N)=NO)cc1. The molecule has 6 nitrogen and oxygen atoms in total. The number of carbonyl (C=O) groups excluding carboxylic acids is 1. The standard InChI is InChI=1S/C14H19N3O3/c1-17(13(18)9-12-3-2-8-20-12)11-6-4-10(5-7-11)14(15)16-19/h4-7,12,19H,2-3,8-9H2,1H3,(H2,15,16). The molecule has 0 aliphatic carbocycles. The smallest absolute Gasteiger partial charge is 0.229 e. The van der Waals surface area contributed by atoms with Gasteiger partial charge in [-0.05, 0) is 37.1 Å². The van der Waals surface area contributed by atoms with Gasteiger partial charge >= 0.3 is 0 Å². The summed E-state index contributed by atoms with van der Waals surface area (Å²) in [7, 11) is 1.73. The molecule has 1 aromatic carbocycles. The van der Waals surface area contributed by atoms with E-state index < -0.39 is 0 Å². The first-order valence-electron chi connectivity index (χ1n) is 6.58. The van der Waals surface area contributed by atoms with Crippen LogP contribution in [0.5, 0.6) is 0 Å². The molecule has 1 saturated heterocycles. The van der Waals surface area contributed by atoms with Crippen LogP contribution in [0.25, 0.3) is 0 Å². The second kappa shape index (κ2) is 6.38. The number of amides is 1. The van der Waals surface area contributed by atoms with Gasteiger partial charge in [-0.25, -0.2) is 0 Å². The zero-order chi connectivity index (χ0) is 14.5. The number of benzene rings is 1. The number of anilines is 1. The van der Waals surface area contributed by atoms with Crippen LogP contribution in [0, 0.1) is 0 Å². The Morgan fingerprint density at radius 3 is 2.75 bits per heavy atom. The van der Waals surface area contributed by atoms with E-state index in [1.54, 1.807) is 36.2 Å². The number of nitrogens with zero attached hydrogens (tertiary/aromatic N) is 2. The van der Waals surface area contributed by atoms with Crippen molar-refractivity contribution in [2.24, 2.45) is 10.9 Å². The molecule has 0 radical (unpaired) electrons. The molecule has 1 aliphatic rings. The quantitative estimate of drug-likeness (QED) is 0.376. The lowest BCUT2D eigenvalue weighted by molar-refractivity contribution is -0.120. The Bertz CT molecular complexity index is 493. The van der Waals surface area contributed by atoms with Gasteiger partial charge in [0.25, 0.3) is 0 Å². The number of hydrogen-bond acceptors (Lipinski definition) is 4. The van der Waals surface area contributed by atoms with Crippen molar-refractivity contribution in [3.63, 3.8) is 0 Å². The van der Waals surface area contributed by atoms with Crippen molar-refractivity contribution < 1.29 is 14.7 Å². The van der Waals surface area contributed by atoms with Gasteiger partial charge in [-0.15, -0.1) is 0 Å². The molecule has 20 heavy (non-hydrogen) atoms. The summed E-state index contributed by atoms with van der Waals surface area (Å²) in [5, 5.41) is 11.5. The molecular formula is C14H19N3O3. The highest BCUT2D eigenvalue weighted by Gasteiger charge is 2.21. The third-order valence-electron chi connectivity index (χ3n) is 3.46. The van der Waals surface area contributed by atoms with Crippen LogP contribution in [0.1, 0.15) is 24.8 Å². The molecule has 0 aromatic heterocycles. The molecule has 0 spiro atoms. The molecule has 1 heterocycles. The Labute approximate surface area is 117 Å². The van der Waals surface area contributed by atoms with Crippen LogP contribution >= 0.6 is 0 Å². The Morgan fingerprint density at radius 2 is 2.20 bits per heavy atom. The molecule has 0 bridgehead atoms. The summed E-state index contributed by atoms with van der Waals surface area (Å²) in [4.78, 5) is 13.7. The monoisotopic (exact) mass is 277 g/mol. The van der Waals surface area contributed by atoms with Crippen LogP contribution in [0.4, 0.5) is 5.69 Å². The summed E-state index contributed by atoms with van der Waals surface area (Å²) in [6.07, 6.45) is 2.41. The maximum absolute atomic E-state index is 12.1. The van der Waals surface area contributed by atoms with Gasteiger partial charge in [0.15, 0.2) is 5.84 Å². The molecule has 3 N–H and O–H groups in total. The van der Waals surface area contributed by atoms with Gasteiger partial charge in [0, 0.05) is 24.9 Å². The Hall–Kier alpha value is -2.08. The van der Waals surface area contributed by atoms with E-state index in [0.717, 1.165) is 25.1 Å². The summed E-state index contributed by atoms with van der Waals surface area (Å²) in [5.41, 5.74) is 6.87. The van der Waals surface area contributed by atoms with Crippen molar-refractivity contribution in [3.8, 4) is 0 Å². The van der Waals surface area contributed by atoms with Gasteiger partial charge < -0.3 is 20.6 Å². The molecule has 0 saturated carbocycles. The normalized spacial score (nSPS) is 19.1. The molecule has 1 unspecified atom stereocenters. The molecule has 6 heteroatoms. The molecule has 1 aliphatic heterocycles. The van der Waals surface area contributed by atoms with E-state index in [2.05, 4.69) is 5.16 Å². The average Bonchev–Trinajstić information content (AvgIpc) is 2.98. The maximum Gasteiger partial charge on any atom is 0.229 e. The topological polar surface area (TPSA) is 88.2 Å². The summed E-state index contributed by atoms with van der Waals surface area (Å²) < 4.78 is 5.47. The number of carbonyl (C=O) groups is 1. The number of hydrogen-bond donors (Lipinski definition) is 2. The van der Waals surface area contributed by atoms with Crippen LogP contribution in [0.3, 0.4) is 0 Å². The van der Waals surface area contributed by atoms with Gasteiger partial charge in [-0.1, -0.05) is 5.16 Å². The largest absolute Gasteiger partial charge is 0.409 e. The van der Waals surface area contributed by atoms with Crippen molar-refractivity contribution in [3.05, 3.63) is 29.8 Å². The third-order valence-corrected chi connectivity index (χ3v) is 3.46. The lowest BCUT2D eigenvalue weighted by atomic mass is 10.1. The molecular weight excluding hydrogens is 258 g/mol. The number of ether oxygens (including phenoxy) is 1. The molecule has 1 atom stereocenters. The number of nitrogens with two attached hydrogens (primary N) is 1. The summed E-state index contributed by atoms with van der Waals surface area (Å²) in [5.74, 6) is 0.0679. The van der Waals surface area contributed by atoms with Crippen molar-refractivity contribution in [2.45, 2.75) is 25.4 Å². The average molecular weight is 277 g/mol. The fourth-order valence-corrected chi connectivity index (χ4v) is 2.19. The highest BCUT2D eigenvalue weighted by atomic mass is 16.5. The highest BCUT2D eigenvalue weighted by Crippen LogP contribution is 2.19. The van der Waals surface area contributed by atoms with Gasteiger partial charge in [0.2, 0.25) is 5.91 Å². The maximum atomic E-state index is 12.1. The first-order valence-corrected chi connectivity index (χ1v) is 6.58. The zero-order valence-electron chi connectivity index (χ0n) is 11.5. The zero-order valence-corrected chi connectivity index (χ0v) is 11.5. The highest BCUT2D eigenvalue weighted by molar-refractivity contribution is 5.98. The Morgan fingerprint density at radius 1 is 1.50 bits per heavy atom. The minimum atomic E-state index is 0.0217. The van der Waals surface area contributed by atoms with E-state index in [9.17, 15) is 4.79 Å². The van der Waals surface area contributed by atoms with E-state index in [-0.39, 0.29) is 17.8 Å². The predicted octanol–water partition coefficient (Wildman–Crippen LogP) is 1.31. The van der Waals surface area contributed by atoms with Crippen LogP contribution in [0.15, 0.2) is 29.4 Å². The van der Waals surface area contributed by atoms with Crippen molar-refractivity contribution in [1.29, 1.82) is 0 Å². The summed E-state index contributed by atoms with van der Waals surface area (Å²) >= 11 is 0. The summed E-state index contributed by atoms with van der Waals surface area (Å²) in [6.45, 7) is 0.746. The van der Waals surface area contributed by atoms with E-state index in [1.165, 1.54) is 0 Å². The van der Waals surface area contributed by atoms with Gasteiger partial charge in [0.05, 0.1) is 12.5 Å². The Balaban J connectivity index is 2.00. The molecule has 108 valence electrons. The number of rotatable bonds is 4. The fourth-order valence-electron chi connectivity index (χ4n) is 2.19. The van der Waals surface area contributed by atoms with E-state index in [0.29, 0.717) is 12.0 Å². The van der Waals surface area contributed by atoms with Crippen LogP contribution in [-0.4, -0.2) is 36.7 Å². The van der Waals surface area contributed by atoms with Gasteiger partial charge in [-0.2, -0.15) is 0 Å². The van der Waals surface area contributed by atoms with E-state index in [4.69, 9.17) is 15.7 Å². The molecule has 1 amide bonds. The van der Waals surface area contributed by atoms with Crippen molar-refractivity contribution in [1.82, 2.24) is 0 Å². The third kappa shape index (κ3) is 3.27. The van der Waals surface area contributed by atoms with Crippen molar-refractivity contribution >= 4 is 17.4 Å². The van der Waals surface area contributed by atoms with Gasteiger partial charge in [0.1, 0.15) is 0 Å². The molecule has 1 fully saturated rings. The minimum Gasteiger partial charge on any atom is -0.409 e. The first-order chi connectivity index (χ1) is 9.61. The van der Waals surface area contributed by atoms with E-state index >= 15 is 0 Å². The molecule has 1 aromatic rings. The van der Waals surface area contributed by atoms with Crippen LogP contribution in [0.2, 0.25) is 0 Å². The second-order valence-electron chi connectivity index (χ2n) is 4.82. The first kappa shape index (κ1) is 14.3. The molecule has 2 rings (SSSR count).